The van der Waals surface area contributed by atoms with Crippen molar-refractivity contribution in [2.45, 2.75) is 13.0 Å². The number of β-amino-alcohol motifs (C(OH)–C–C–N with tert-alkyl or cyclic N) is 1. The Balaban J connectivity index is 1.87. The highest BCUT2D eigenvalue weighted by atomic mass is 32.1. The van der Waals surface area contributed by atoms with Gasteiger partial charge in [0.15, 0.2) is 0 Å². The van der Waals surface area contributed by atoms with Crippen LogP contribution < -0.4 is 10.6 Å². The molecule has 0 saturated heterocycles. The summed E-state index contributed by atoms with van der Waals surface area (Å²) in [6.45, 7) is 2.14. The van der Waals surface area contributed by atoms with E-state index in [1.807, 2.05) is 35.7 Å². The highest BCUT2D eigenvalue weighted by Gasteiger charge is 2.34. The SMILES string of the molecule is COC(=O)C1=C(Nc2ccccc2NC(C)c2cccs2)C(=O)N(CCO)C1. The lowest BCUT2D eigenvalue weighted by molar-refractivity contribution is -0.136. The normalized spacial score (nSPS) is 15.0. The highest BCUT2D eigenvalue weighted by molar-refractivity contribution is 7.10. The summed E-state index contributed by atoms with van der Waals surface area (Å²) >= 11 is 1.66. The summed E-state index contributed by atoms with van der Waals surface area (Å²) in [7, 11) is 1.28. The summed E-state index contributed by atoms with van der Waals surface area (Å²) in [6.07, 6.45) is 0. The van der Waals surface area contributed by atoms with Crippen molar-refractivity contribution < 1.29 is 19.4 Å². The van der Waals surface area contributed by atoms with Crippen LogP contribution in [0.1, 0.15) is 17.8 Å². The number of rotatable bonds is 8. The van der Waals surface area contributed by atoms with Gasteiger partial charge in [0, 0.05) is 11.4 Å². The average Bonchev–Trinajstić information content (AvgIpc) is 3.33. The van der Waals surface area contributed by atoms with Crippen LogP contribution in [0.3, 0.4) is 0 Å². The first-order valence-corrected chi connectivity index (χ1v) is 9.80. The first kappa shape index (κ1) is 19.9. The zero-order chi connectivity index (χ0) is 20.1. The molecule has 3 rings (SSSR count). The van der Waals surface area contributed by atoms with Crippen molar-refractivity contribution in [3.05, 3.63) is 57.9 Å². The summed E-state index contributed by atoms with van der Waals surface area (Å²) in [4.78, 5) is 27.5. The Morgan fingerprint density at radius 2 is 2.04 bits per heavy atom. The molecule has 0 aliphatic carbocycles. The molecular weight excluding hydrogens is 378 g/mol. The van der Waals surface area contributed by atoms with E-state index in [2.05, 4.69) is 23.6 Å². The van der Waals surface area contributed by atoms with Gasteiger partial charge in [-0.3, -0.25) is 4.79 Å². The molecule has 0 radical (unpaired) electrons. The molecule has 1 aliphatic heterocycles. The van der Waals surface area contributed by atoms with Gasteiger partial charge in [-0.25, -0.2) is 4.79 Å². The van der Waals surface area contributed by atoms with Crippen molar-refractivity contribution >= 4 is 34.6 Å². The molecule has 1 aliphatic rings. The third kappa shape index (κ3) is 4.18. The summed E-state index contributed by atoms with van der Waals surface area (Å²) < 4.78 is 4.83. The maximum Gasteiger partial charge on any atom is 0.337 e. The van der Waals surface area contributed by atoms with E-state index in [0.29, 0.717) is 5.69 Å². The van der Waals surface area contributed by atoms with Gasteiger partial charge in [0.25, 0.3) is 5.91 Å². The fourth-order valence-electron chi connectivity index (χ4n) is 3.04. The number of benzene rings is 1. The van der Waals surface area contributed by atoms with Gasteiger partial charge in [0.2, 0.25) is 0 Å². The van der Waals surface area contributed by atoms with Crippen LogP contribution in [0.15, 0.2) is 53.0 Å². The van der Waals surface area contributed by atoms with Crippen molar-refractivity contribution in [2.24, 2.45) is 0 Å². The van der Waals surface area contributed by atoms with E-state index < -0.39 is 5.97 Å². The first-order chi connectivity index (χ1) is 13.5. The minimum Gasteiger partial charge on any atom is -0.466 e. The van der Waals surface area contributed by atoms with Crippen LogP contribution in [0.25, 0.3) is 0 Å². The first-order valence-electron chi connectivity index (χ1n) is 8.92. The van der Waals surface area contributed by atoms with Gasteiger partial charge >= 0.3 is 5.97 Å². The Morgan fingerprint density at radius 3 is 2.68 bits per heavy atom. The zero-order valence-corrected chi connectivity index (χ0v) is 16.6. The van der Waals surface area contributed by atoms with E-state index in [0.717, 1.165) is 5.69 Å². The minimum absolute atomic E-state index is 0.0853. The van der Waals surface area contributed by atoms with Crippen LogP contribution in [0.5, 0.6) is 0 Å². The molecule has 1 atom stereocenters. The zero-order valence-electron chi connectivity index (χ0n) is 15.8. The molecule has 1 unspecified atom stereocenters. The van der Waals surface area contributed by atoms with Crippen molar-refractivity contribution in [3.8, 4) is 0 Å². The van der Waals surface area contributed by atoms with Gasteiger partial charge in [-0.1, -0.05) is 18.2 Å². The van der Waals surface area contributed by atoms with E-state index in [4.69, 9.17) is 4.74 Å². The molecule has 8 heteroatoms. The maximum atomic E-state index is 12.7. The number of hydrogen-bond donors (Lipinski definition) is 3. The van der Waals surface area contributed by atoms with Crippen LogP contribution in [0.4, 0.5) is 11.4 Å². The van der Waals surface area contributed by atoms with Gasteiger partial charge in [-0.15, -0.1) is 11.3 Å². The minimum atomic E-state index is -0.561. The molecule has 0 spiro atoms. The standard InChI is InChI=1S/C20H23N3O4S/c1-13(17-8-5-11-28-17)21-15-6-3-4-7-16(15)22-18-14(20(26)27-2)12-23(9-10-24)19(18)25/h3-8,11,13,21-22,24H,9-10,12H2,1-2H3. The Labute approximate surface area is 167 Å². The van der Waals surface area contributed by atoms with Crippen LogP contribution in [-0.4, -0.2) is 48.7 Å². The number of nitrogens with zero attached hydrogens (tertiary/aromatic N) is 1. The van der Waals surface area contributed by atoms with E-state index in [1.54, 1.807) is 11.3 Å². The van der Waals surface area contributed by atoms with Crippen molar-refractivity contribution in [2.75, 3.05) is 37.4 Å². The van der Waals surface area contributed by atoms with Gasteiger partial charge in [-0.2, -0.15) is 0 Å². The number of methoxy groups -OCH3 is 1. The summed E-state index contributed by atoms with van der Waals surface area (Å²) in [5.74, 6) is -0.899. The number of hydrogen-bond acceptors (Lipinski definition) is 7. The Hall–Kier alpha value is -2.84. The second-order valence-corrected chi connectivity index (χ2v) is 7.33. The number of carbonyl (C=O) groups is 2. The number of anilines is 2. The third-order valence-electron chi connectivity index (χ3n) is 4.48. The Morgan fingerprint density at radius 1 is 1.29 bits per heavy atom. The van der Waals surface area contributed by atoms with Gasteiger partial charge in [0.05, 0.1) is 43.3 Å². The molecule has 0 saturated carbocycles. The second-order valence-electron chi connectivity index (χ2n) is 6.35. The number of thiophene rings is 1. The van der Waals surface area contributed by atoms with Crippen molar-refractivity contribution in [3.63, 3.8) is 0 Å². The molecule has 28 heavy (non-hydrogen) atoms. The molecular formula is C20H23N3O4S. The number of aliphatic hydroxyl groups excluding tert-OH is 1. The molecule has 1 amide bonds. The van der Waals surface area contributed by atoms with E-state index in [9.17, 15) is 14.7 Å². The van der Waals surface area contributed by atoms with Crippen LogP contribution >= 0.6 is 11.3 Å². The molecule has 2 heterocycles. The molecule has 1 aromatic carbocycles. The van der Waals surface area contributed by atoms with Crippen molar-refractivity contribution in [1.29, 1.82) is 0 Å². The highest BCUT2D eigenvalue weighted by Crippen LogP contribution is 2.31. The van der Waals surface area contributed by atoms with E-state index in [1.165, 1.54) is 16.9 Å². The fraction of sp³-hybridized carbons (Fsp3) is 0.300. The number of nitrogens with one attached hydrogen (secondary N) is 2. The predicted octanol–water partition coefficient (Wildman–Crippen LogP) is 2.59. The smallest absolute Gasteiger partial charge is 0.337 e. The van der Waals surface area contributed by atoms with Crippen LogP contribution in [-0.2, 0) is 14.3 Å². The second kappa shape index (κ2) is 8.90. The van der Waals surface area contributed by atoms with Gasteiger partial charge in [-0.05, 0) is 30.5 Å². The number of aliphatic hydroxyl groups is 1. The number of ether oxygens (including phenoxy) is 1. The summed E-state index contributed by atoms with van der Waals surface area (Å²) in [5, 5.41) is 17.8. The molecule has 7 nitrogen and oxygen atoms in total. The lowest BCUT2D eigenvalue weighted by atomic mass is 10.2. The number of esters is 1. The largest absolute Gasteiger partial charge is 0.466 e. The summed E-state index contributed by atoms with van der Waals surface area (Å²) in [5.41, 5.74) is 1.93. The molecule has 0 fully saturated rings. The van der Waals surface area contributed by atoms with Crippen LogP contribution in [0, 0.1) is 0 Å². The quantitative estimate of drug-likeness (QED) is 0.589. The molecule has 0 bridgehead atoms. The Bertz CT molecular complexity index is 879. The van der Waals surface area contributed by atoms with Gasteiger partial charge in [0.1, 0.15) is 5.70 Å². The monoisotopic (exact) mass is 401 g/mol. The maximum absolute atomic E-state index is 12.7. The van der Waals surface area contributed by atoms with Crippen LogP contribution in [0.2, 0.25) is 0 Å². The van der Waals surface area contributed by atoms with E-state index >= 15 is 0 Å². The molecule has 2 aromatic rings. The molecule has 1 aromatic heterocycles. The lowest BCUT2D eigenvalue weighted by Crippen LogP contribution is -2.31. The fourth-order valence-corrected chi connectivity index (χ4v) is 3.78. The van der Waals surface area contributed by atoms with Crippen molar-refractivity contribution in [1.82, 2.24) is 4.90 Å². The Kier molecular flexibility index (Phi) is 6.33. The number of amides is 1. The number of para-hydroxylation sites is 2. The van der Waals surface area contributed by atoms with E-state index in [-0.39, 0.29) is 42.9 Å². The molecule has 3 N–H and O–H groups in total. The predicted molar refractivity (Wildman–Crippen MR) is 109 cm³/mol. The topological polar surface area (TPSA) is 90.9 Å². The number of carbonyl (C=O) groups excluding carboxylic acids is 2. The third-order valence-corrected chi connectivity index (χ3v) is 5.54. The molecule has 148 valence electrons. The lowest BCUT2D eigenvalue weighted by Gasteiger charge is -2.19. The van der Waals surface area contributed by atoms with Gasteiger partial charge < -0.3 is 25.4 Å². The average molecular weight is 401 g/mol. The summed E-state index contributed by atoms with van der Waals surface area (Å²) in [6, 6.07) is 11.7.